The Morgan fingerprint density at radius 1 is 1.26 bits per heavy atom. The van der Waals surface area contributed by atoms with Crippen molar-refractivity contribution < 1.29 is 4.74 Å². The number of ether oxygens (including phenoxy) is 1. The summed E-state index contributed by atoms with van der Waals surface area (Å²) in [7, 11) is 0. The summed E-state index contributed by atoms with van der Waals surface area (Å²) in [6.45, 7) is 6.84. The Hall–Kier alpha value is -1.10. The van der Waals surface area contributed by atoms with E-state index in [9.17, 15) is 0 Å². The van der Waals surface area contributed by atoms with Crippen molar-refractivity contribution in [1.29, 1.82) is 0 Å². The number of nitrogens with zero attached hydrogens (tertiary/aromatic N) is 4. The number of hydrogen-bond acceptors (Lipinski definition) is 5. The summed E-state index contributed by atoms with van der Waals surface area (Å²) in [6, 6.07) is 0.329. The van der Waals surface area contributed by atoms with Gasteiger partial charge in [0.15, 0.2) is 0 Å². The van der Waals surface area contributed by atoms with Gasteiger partial charge in [0.2, 0.25) is 11.2 Å². The first-order valence-electron chi connectivity index (χ1n) is 7.02. The van der Waals surface area contributed by atoms with E-state index in [0.717, 1.165) is 25.4 Å². The molecule has 1 unspecified atom stereocenters. The number of anilines is 1. The molecule has 19 heavy (non-hydrogen) atoms. The number of halogens is 1. The van der Waals surface area contributed by atoms with Crippen LogP contribution in [0.15, 0.2) is 0 Å². The molecule has 1 fully saturated rings. The van der Waals surface area contributed by atoms with Gasteiger partial charge in [0.1, 0.15) is 0 Å². The standard InChI is InChI=1S/C13H21ClN4O/c1-3-5-10-6-7-18(9-10)12-15-11(14)16-13(17-12)19-8-4-2/h10H,3-9H2,1-2H3. The molecule has 0 radical (unpaired) electrons. The molecule has 2 rings (SSSR count). The molecular formula is C13H21ClN4O. The Morgan fingerprint density at radius 3 is 2.84 bits per heavy atom. The van der Waals surface area contributed by atoms with Gasteiger partial charge < -0.3 is 9.64 Å². The molecule has 1 aliphatic heterocycles. The summed E-state index contributed by atoms with van der Waals surface area (Å²) in [5.41, 5.74) is 0. The average Bonchev–Trinajstić information content (AvgIpc) is 2.85. The highest BCUT2D eigenvalue weighted by atomic mass is 35.5. The third-order valence-electron chi connectivity index (χ3n) is 3.28. The van der Waals surface area contributed by atoms with E-state index in [1.54, 1.807) is 0 Å². The molecule has 106 valence electrons. The lowest BCUT2D eigenvalue weighted by molar-refractivity contribution is 0.291. The maximum absolute atomic E-state index is 5.94. The lowest BCUT2D eigenvalue weighted by atomic mass is 10.0. The van der Waals surface area contributed by atoms with Crippen LogP contribution in [0.5, 0.6) is 6.01 Å². The maximum Gasteiger partial charge on any atom is 0.322 e. The lowest BCUT2D eigenvalue weighted by Crippen LogP contribution is -2.22. The molecule has 0 aliphatic carbocycles. The van der Waals surface area contributed by atoms with Crippen LogP contribution in [0.3, 0.4) is 0 Å². The minimum absolute atomic E-state index is 0.204. The monoisotopic (exact) mass is 284 g/mol. The summed E-state index contributed by atoms with van der Waals surface area (Å²) in [5, 5.41) is 0.204. The molecule has 0 aromatic carbocycles. The van der Waals surface area contributed by atoms with Crippen LogP contribution < -0.4 is 9.64 Å². The molecule has 1 saturated heterocycles. The van der Waals surface area contributed by atoms with Crippen LogP contribution in [0.4, 0.5) is 5.95 Å². The van der Waals surface area contributed by atoms with Crippen molar-refractivity contribution >= 4 is 17.5 Å². The third-order valence-corrected chi connectivity index (χ3v) is 3.45. The van der Waals surface area contributed by atoms with Gasteiger partial charge in [-0.15, -0.1) is 0 Å². The molecule has 1 aliphatic rings. The quantitative estimate of drug-likeness (QED) is 0.804. The predicted molar refractivity (Wildman–Crippen MR) is 75.9 cm³/mol. The maximum atomic E-state index is 5.94. The smallest absolute Gasteiger partial charge is 0.322 e. The molecule has 6 heteroatoms. The van der Waals surface area contributed by atoms with E-state index in [1.807, 2.05) is 6.92 Å². The lowest BCUT2D eigenvalue weighted by Gasteiger charge is -2.16. The molecule has 2 heterocycles. The van der Waals surface area contributed by atoms with Crippen LogP contribution in [-0.4, -0.2) is 34.6 Å². The highest BCUT2D eigenvalue weighted by Gasteiger charge is 2.24. The molecule has 0 saturated carbocycles. The van der Waals surface area contributed by atoms with Crippen molar-refractivity contribution in [3.05, 3.63) is 5.28 Å². The van der Waals surface area contributed by atoms with E-state index in [-0.39, 0.29) is 5.28 Å². The van der Waals surface area contributed by atoms with Crippen LogP contribution in [0, 0.1) is 5.92 Å². The molecule has 0 amide bonds. The van der Waals surface area contributed by atoms with Gasteiger partial charge in [-0.25, -0.2) is 0 Å². The number of rotatable bonds is 6. The second-order valence-electron chi connectivity index (χ2n) is 4.92. The van der Waals surface area contributed by atoms with Crippen molar-refractivity contribution in [2.75, 3.05) is 24.6 Å². The highest BCUT2D eigenvalue weighted by molar-refractivity contribution is 6.28. The molecule has 0 spiro atoms. The molecule has 1 atom stereocenters. The van der Waals surface area contributed by atoms with E-state index in [1.165, 1.54) is 19.3 Å². The summed E-state index contributed by atoms with van der Waals surface area (Å²) in [4.78, 5) is 14.7. The zero-order valence-corrected chi connectivity index (χ0v) is 12.4. The summed E-state index contributed by atoms with van der Waals surface area (Å²) < 4.78 is 5.44. The van der Waals surface area contributed by atoms with E-state index in [0.29, 0.717) is 18.6 Å². The fraction of sp³-hybridized carbons (Fsp3) is 0.769. The molecule has 0 N–H and O–H groups in total. The first-order valence-corrected chi connectivity index (χ1v) is 7.40. The summed E-state index contributed by atoms with van der Waals surface area (Å²) in [5.74, 6) is 1.38. The first kappa shape index (κ1) is 14.3. The second-order valence-corrected chi connectivity index (χ2v) is 5.26. The zero-order valence-electron chi connectivity index (χ0n) is 11.6. The van der Waals surface area contributed by atoms with Crippen LogP contribution in [0.1, 0.15) is 39.5 Å². The van der Waals surface area contributed by atoms with E-state index in [2.05, 4.69) is 26.8 Å². The van der Waals surface area contributed by atoms with E-state index in [4.69, 9.17) is 16.3 Å². The summed E-state index contributed by atoms with van der Waals surface area (Å²) >= 11 is 5.94. The van der Waals surface area contributed by atoms with Crippen molar-refractivity contribution in [2.45, 2.75) is 39.5 Å². The highest BCUT2D eigenvalue weighted by Crippen LogP contribution is 2.25. The second kappa shape index (κ2) is 6.89. The van der Waals surface area contributed by atoms with Gasteiger partial charge in [-0.05, 0) is 36.8 Å². The first-order chi connectivity index (χ1) is 9.22. The van der Waals surface area contributed by atoms with Crippen molar-refractivity contribution in [1.82, 2.24) is 15.0 Å². The van der Waals surface area contributed by atoms with Gasteiger partial charge in [0, 0.05) is 13.1 Å². The minimum Gasteiger partial charge on any atom is -0.463 e. The topological polar surface area (TPSA) is 51.1 Å². The van der Waals surface area contributed by atoms with Gasteiger partial charge in [-0.1, -0.05) is 20.3 Å². The normalized spacial score (nSPS) is 18.9. The molecule has 0 bridgehead atoms. The Morgan fingerprint density at radius 2 is 2.11 bits per heavy atom. The van der Waals surface area contributed by atoms with Crippen molar-refractivity contribution in [3.63, 3.8) is 0 Å². The minimum atomic E-state index is 0.204. The Balaban J connectivity index is 2.05. The van der Waals surface area contributed by atoms with Crippen molar-refractivity contribution in [3.8, 4) is 6.01 Å². The van der Waals surface area contributed by atoms with E-state index >= 15 is 0 Å². The average molecular weight is 285 g/mol. The molecule has 1 aromatic rings. The molecule has 1 aromatic heterocycles. The van der Waals surface area contributed by atoms with E-state index < -0.39 is 0 Å². The Kier molecular flexibility index (Phi) is 5.19. The number of aromatic nitrogens is 3. The van der Waals surface area contributed by atoms with Crippen LogP contribution >= 0.6 is 11.6 Å². The Bertz CT molecular complexity index is 416. The third kappa shape index (κ3) is 3.93. The van der Waals surface area contributed by atoms with Gasteiger partial charge in [0.25, 0.3) is 0 Å². The largest absolute Gasteiger partial charge is 0.463 e. The zero-order chi connectivity index (χ0) is 13.7. The molecule has 5 nitrogen and oxygen atoms in total. The predicted octanol–water partition coefficient (Wildman–Crippen LogP) is 2.94. The fourth-order valence-electron chi connectivity index (χ4n) is 2.38. The SMILES string of the molecule is CCCOc1nc(Cl)nc(N2CCC(CCC)C2)n1. The van der Waals surface area contributed by atoms with Gasteiger partial charge in [0.05, 0.1) is 6.61 Å². The van der Waals surface area contributed by atoms with Crippen LogP contribution in [-0.2, 0) is 0 Å². The van der Waals surface area contributed by atoms with Gasteiger partial charge in [-0.2, -0.15) is 15.0 Å². The Labute approximate surface area is 119 Å². The van der Waals surface area contributed by atoms with Gasteiger partial charge in [-0.3, -0.25) is 0 Å². The van der Waals surface area contributed by atoms with Crippen LogP contribution in [0.2, 0.25) is 5.28 Å². The summed E-state index contributed by atoms with van der Waals surface area (Å²) in [6.07, 6.45) is 4.60. The van der Waals surface area contributed by atoms with Crippen LogP contribution in [0.25, 0.3) is 0 Å². The van der Waals surface area contributed by atoms with Crippen molar-refractivity contribution in [2.24, 2.45) is 5.92 Å². The fourth-order valence-corrected chi connectivity index (χ4v) is 2.53. The molecular weight excluding hydrogens is 264 g/mol. The van der Waals surface area contributed by atoms with Gasteiger partial charge >= 0.3 is 6.01 Å². The number of hydrogen-bond donors (Lipinski definition) is 0.